The Labute approximate surface area is 120 Å². The molecule has 2 aromatic carbocycles. The summed E-state index contributed by atoms with van der Waals surface area (Å²) in [5.74, 6) is -2.38. The highest BCUT2D eigenvalue weighted by Gasteiger charge is 2.13. The first-order valence-electron chi connectivity index (χ1n) is 6.17. The summed E-state index contributed by atoms with van der Waals surface area (Å²) in [4.78, 5) is 0. The number of halogens is 4. The monoisotopic (exact) mass is 299 g/mol. The van der Waals surface area contributed by atoms with E-state index in [2.05, 4.69) is 5.32 Å². The summed E-state index contributed by atoms with van der Waals surface area (Å²) >= 11 is 5.96. The minimum atomic E-state index is -1.01. The Balaban J connectivity index is 2.54. The Kier molecular flexibility index (Phi) is 4.68. The second kappa shape index (κ2) is 6.29. The van der Waals surface area contributed by atoms with Crippen molar-refractivity contribution in [3.63, 3.8) is 0 Å². The van der Waals surface area contributed by atoms with Crippen LogP contribution < -0.4 is 5.32 Å². The van der Waals surface area contributed by atoms with Gasteiger partial charge in [-0.05, 0) is 41.9 Å². The average molecular weight is 300 g/mol. The summed E-state index contributed by atoms with van der Waals surface area (Å²) in [6.45, 7) is 3.05. The first-order valence-corrected chi connectivity index (χ1v) is 6.54. The quantitative estimate of drug-likeness (QED) is 0.818. The van der Waals surface area contributed by atoms with Gasteiger partial charge >= 0.3 is 0 Å². The van der Waals surface area contributed by atoms with Crippen molar-refractivity contribution in [3.05, 3.63) is 58.4 Å². The van der Waals surface area contributed by atoms with E-state index in [1.807, 2.05) is 6.92 Å². The fourth-order valence-corrected chi connectivity index (χ4v) is 2.21. The lowest BCUT2D eigenvalue weighted by Crippen LogP contribution is -2.12. The molecule has 1 N–H and O–H groups in total. The third kappa shape index (κ3) is 3.14. The van der Waals surface area contributed by atoms with E-state index in [9.17, 15) is 13.2 Å². The maximum atomic E-state index is 13.4. The SMILES string of the molecule is CCNCc1cc(F)ccc1-c1cc(F)c(F)cc1Cl. The van der Waals surface area contributed by atoms with E-state index in [0.717, 1.165) is 12.1 Å². The summed E-state index contributed by atoms with van der Waals surface area (Å²) < 4.78 is 39.8. The molecule has 2 rings (SSSR count). The molecule has 0 aliphatic rings. The van der Waals surface area contributed by atoms with Gasteiger partial charge in [0.05, 0.1) is 5.02 Å². The first-order chi connectivity index (χ1) is 9.52. The lowest BCUT2D eigenvalue weighted by Gasteiger charge is -2.12. The lowest BCUT2D eigenvalue weighted by molar-refractivity contribution is 0.509. The van der Waals surface area contributed by atoms with Crippen LogP contribution in [0, 0.1) is 17.5 Å². The van der Waals surface area contributed by atoms with Gasteiger partial charge in [-0.2, -0.15) is 0 Å². The maximum Gasteiger partial charge on any atom is 0.160 e. The summed E-state index contributed by atoms with van der Waals surface area (Å²) in [6.07, 6.45) is 0. The van der Waals surface area contributed by atoms with E-state index in [4.69, 9.17) is 11.6 Å². The second-order valence-electron chi connectivity index (χ2n) is 4.33. The summed E-state index contributed by atoms with van der Waals surface area (Å²) in [7, 11) is 0. The third-order valence-electron chi connectivity index (χ3n) is 2.93. The van der Waals surface area contributed by atoms with Crippen molar-refractivity contribution in [2.45, 2.75) is 13.5 Å². The zero-order valence-corrected chi connectivity index (χ0v) is 11.6. The van der Waals surface area contributed by atoms with Crippen LogP contribution in [-0.4, -0.2) is 6.54 Å². The molecule has 0 bridgehead atoms. The number of nitrogens with one attached hydrogen (secondary N) is 1. The van der Waals surface area contributed by atoms with Crippen molar-refractivity contribution in [3.8, 4) is 11.1 Å². The van der Waals surface area contributed by atoms with Crippen LogP contribution in [0.2, 0.25) is 5.02 Å². The molecule has 0 unspecified atom stereocenters. The second-order valence-corrected chi connectivity index (χ2v) is 4.74. The predicted octanol–water partition coefficient (Wildman–Crippen LogP) is 4.53. The Bertz CT molecular complexity index is 629. The molecule has 0 radical (unpaired) electrons. The normalized spacial score (nSPS) is 10.8. The third-order valence-corrected chi connectivity index (χ3v) is 3.25. The summed E-state index contributed by atoms with van der Waals surface area (Å²) in [5, 5.41) is 3.16. The molecule has 5 heteroatoms. The topological polar surface area (TPSA) is 12.0 Å². The fraction of sp³-hybridized carbons (Fsp3) is 0.200. The van der Waals surface area contributed by atoms with Crippen LogP contribution in [0.3, 0.4) is 0 Å². The highest BCUT2D eigenvalue weighted by Crippen LogP contribution is 2.32. The minimum Gasteiger partial charge on any atom is -0.313 e. The highest BCUT2D eigenvalue weighted by molar-refractivity contribution is 6.33. The van der Waals surface area contributed by atoms with Crippen LogP contribution in [0.15, 0.2) is 30.3 Å². The zero-order chi connectivity index (χ0) is 14.7. The van der Waals surface area contributed by atoms with Crippen molar-refractivity contribution in [1.82, 2.24) is 5.32 Å². The van der Waals surface area contributed by atoms with Gasteiger partial charge in [-0.15, -0.1) is 0 Å². The molecule has 2 aromatic rings. The van der Waals surface area contributed by atoms with Crippen LogP contribution in [0.4, 0.5) is 13.2 Å². The van der Waals surface area contributed by atoms with Gasteiger partial charge in [0.1, 0.15) is 5.82 Å². The van der Waals surface area contributed by atoms with Gasteiger partial charge in [-0.1, -0.05) is 24.6 Å². The molecule has 1 nitrogen and oxygen atoms in total. The van der Waals surface area contributed by atoms with Crippen LogP contribution >= 0.6 is 11.6 Å². The Hall–Kier alpha value is -1.52. The lowest BCUT2D eigenvalue weighted by atomic mass is 9.99. The fourth-order valence-electron chi connectivity index (χ4n) is 1.96. The van der Waals surface area contributed by atoms with E-state index < -0.39 is 11.6 Å². The van der Waals surface area contributed by atoms with Gasteiger partial charge < -0.3 is 5.32 Å². The van der Waals surface area contributed by atoms with E-state index in [1.165, 1.54) is 18.2 Å². The Morgan fingerprint density at radius 3 is 2.40 bits per heavy atom. The van der Waals surface area contributed by atoms with Gasteiger partial charge in [0.2, 0.25) is 0 Å². The zero-order valence-electron chi connectivity index (χ0n) is 10.8. The van der Waals surface area contributed by atoms with Crippen LogP contribution in [0.1, 0.15) is 12.5 Å². The van der Waals surface area contributed by atoms with Gasteiger partial charge in [0, 0.05) is 12.1 Å². The molecule has 0 aromatic heterocycles. The number of hydrogen-bond acceptors (Lipinski definition) is 1. The van der Waals surface area contributed by atoms with E-state index in [-0.39, 0.29) is 10.8 Å². The molecule has 0 atom stereocenters. The molecule has 0 spiro atoms. The number of rotatable bonds is 4. The Morgan fingerprint density at radius 2 is 1.70 bits per heavy atom. The molecule has 106 valence electrons. The van der Waals surface area contributed by atoms with Crippen LogP contribution in [0.5, 0.6) is 0 Å². The van der Waals surface area contributed by atoms with E-state index >= 15 is 0 Å². The van der Waals surface area contributed by atoms with E-state index in [1.54, 1.807) is 0 Å². The van der Waals surface area contributed by atoms with Gasteiger partial charge in [-0.3, -0.25) is 0 Å². The molecule has 0 amide bonds. The standard InChI is InChI=1S/C15H13ClF3N/c1-2-20-8-9-5-10(17)3-4-11(9)12-6-14(18)15(19)7-13(12)16/h3-7,20H,2,8H2,1H3. The summed E-state index contributed by atoms with van der Waals surface area (Å²) in [6, 6.07) is 6.09. The molecule has 0 aliphatic carbocycles. The average Bonchev–Trinajstić information content (AvgIpc) is 2.41. The Morgan fingerprint density at radius 1 is 1.00 bits per heavy atom. The largest absolute Gasteiger partial charge is 0.313 e. The van der Waals surface area contributed by atoms with Gasteiger partial charge in [0.25, 0.3) is 0 Å². The van der Waals surface area contributed by atoms with Crippen molar-refractivity contribution in [1.29, 1.82) is 0 Å². The minimum absolute atomic E-state index is 0.0910. The molecule has 20 heavy (non-hydrogen) atoms. The van der Waals surface area contributed by atoms with Crippen molar-refractivity contribution >= 4 is 11.6 Å². The number of hydrogen-bond donors (Lipinski definition) is 1. The summed E-state index contributed by atoms with van der Waals surface area (Å²) in [5.41, 5.74) is 1.56. The predicted molar refractivity (Wildman–Crippen MR) is 74.1 cm³/mol. The van der Waals surface area contributed by atoms with Gasteiger partial charge in [-0.25, -0.2) is 13.2 Å². The molecule has 0 aliphatic heterocycles. The van der Waals surface area contributed by atoms with E-state index in [0.29, 0.717) is 29.8 Å². The molecule has 0 fully saturated rings. The first kappa shape index (κ1) is 14.9. The van der Waals surface area contributed by atoms with Crippen molar-refractivity contribution < 1.29 is 13.2 Å². The molecule has 0 heterocycles. The molecule has 0 saturated heterocycles. The van der Waals surface area contributed by atoms with Crippen molar-refractivity contribution in [2.24, 2.45) is 0 Å². The maximum absolute atomic E-state index is 13.4. The van der Waals surface area contributed by atoms with Gasteiger partial charge in [0.15, 0.2) is 11.6 Å². The molecular weight excluding hydrogens is 287 g/mol. The highest BCUT2D eigenvalue weighted by atomic mass is 35.5. The molecular formula is C15H13ClF3N. The smallest absolute Gasteiger partial charge is 0.160 e. The van der Waals surface area contributed by atoms with Crippen LogP contribution in [0.25, 0.3) is 11.1 Å². The van der Waals surface area contributed by atoms with Crippen LogP contribution in [-0.2, 0) is 6.54 Å². The number of benzene rings is 2. The van der Waals surface area contributed by atoms with Crippen molar-refractivity contribution in [2.75, 3.05) is 6.54 Å². The molecule has 0 saturated carbocycles.